The molecule has 0 saturated carbocycles. The zero-order valence-electron chi connectivity index (χ0n) is 9.64. The maximum absolute atomic E-state index is 11.6. The molecule has 1 heterocycles. The second kappa shape index (κ2) is 5.59. The Morgan fingerprint density at radius 2 is 2.00 bits per heavy atom. The molecule has 0 aromatic heterocycles. The van der Waals surface area contributed by atoms with Crippen LogP contribution in [0.2, 0.25) is 0 Å². The van der Waals surface area contributed by atoms with E-state index in [-0.39, 0.29) is 18.0 Å². The van der Waals surface area contributed by atoms with Crippen molar-refractivity contribution in [3.05, 3.63) is 24.6 Å². The Hall–Kier alpha value is -1.25. The summed E-state index contributed by atoms with van der Waals surface area (Å²) >= 11 is 0. The summed E-state index contributed by atoms with van der Waals surface area (Å²) in [5.41, 5.74) is 0. The first-order valence-corrected chi connectivity index (χ1v) is 5.50. The lowest BCUT2D eigenvalue weighted by molar-refractivity contribution is -0.150. The molecule has 15 heavy (non-hydrogen) atoms. The van der Waals surface area contributed by atoms with Crippen LogP contribution >= 0.6 is 0 Å². The van der Waals surface area contributed by atoms with Gasteiger partial charge in [0.05, 0.1) is 12.0 Å². The highest BCUT2D eigenvalue weighted by Crippen LogP contribution is 2.13. The fourth-order valence-corrected chi connectivity index (χ4v) is 1.25. The van der Waals surface area contributed by atoms with Crippen molar-refractivity contribution in [1.29, 1.82) is 0 Å². The monoisotopic (exact) mass is 209 g/mol. The van der Waals surface area contributed by atoms with Crippen molar-refractivity contribution in [2.75, 3.05) is 6.54 Å². The van der Waals surface area contributed by atoms with Crippen LogP contribution in [0, 0.1) is 5.92 Å². The first kappa shape index (κ1) is 11.8. The molecule has 0 aliphatic carbocycles. The summed E-state index contributed by atoms with van der Waals surface area (Å²) in [6.07, 6.45) is 8.43. The average molecular weight is 209 g/mol. The standard InChI is InChI=1S/C12H19NO2/c1-4-10(3)15-12(14)11-6-8-13(5-2)9-7-11/h6-11H,4-5H2,1-3H3. The molecule has 1 unspecified atom stereocenters. The molecule has 1 rings (SSSR count). The van der Waals surface area contributed by atoms with Crippen LogP contribution in [0.15, 0.2) is 24.6 Å². The number of hydrogen-bond donors (Lipinski definition) is 0. The van der Waals surface area contributed by atoms with Gasteiger partial charge in [0.25, 0.3) is 0 Å². The van der Waals surface area contributed by atoms with Gasteiger partial charge in [-0.15, -0.1) is 0 Å². The van der Waals surface area contributed by atoms with Crippen LogP contribution < -0.4 is 0 Å². The first-order chi connectivity index (χ1) is 7.17. The smallest absolute Gasteiger partial charge is 0.317 e. The summed E-state index contributed by atoms with van der Waals surface area (Å²) in [5, 5.41) is 0. The lowest BCUT2D eigenvalue weighted by Gasteiger charge is -2.20. The van der Waals surface area contributed by atoms with E-state index in [0.29, 0.717) is 0 Å². The topological polar surface area (TPSA) is 29.5 Å². The Morgan fingerprint density at radius 3 is 2.47 bits per heavy atom. The van der Waals surface area contributed by atoms with Crippen molar-refractivity contribution in [3.63, 3.8) is 0 Å². The van der Waals surface area contributed by atoms with E-state index >= 15 is 0 Å². The fraction of sp³-hybridized carbons (Fsp3) is 0.583. The molecule has 3 heteroatoms. The third-order valence-corrected chi connectivity index (χ3v) is 2.50. The Kier molecular flexibility index (Phi) is 4.40. The van der Waals surface area contributed by atoms with Gasteiger partial charge in [0.15, 0.2) is 0 Å². The quantitative estimate of drug-likeness (QED) is 0.665. The molecule has 0 aromatic carbocycles. The Morgan fingerprint density at radius 1 is 1.40 bits per heavy atom. The van der Waals surface area contributed by atoms with E-state index < -0.39 is 0 Å². The van der Waals surface area contributed by atoms with Gasteiger partial charge in [-0.1, -0.05) is 19.1 Å². The van der Waals surface area contributed by atoms with Gasteiger partial charge in [-0.25, -0.2) is 0 Å². The lowest BCUT2D eigenvalue weighted by Crippen LogP contribution is -2.23. The van der Waals surface area contributed by atoms with Gasteiger partial charge in [0.1, 0.15) is 0 Å². The normalized spacial score (nSPS) is 17.9. The molecule has 0 bridgehead atoms. The van der Waals surface area contributed by atoms with Crippen LogP contribution in [0.1, 0.15) is 27.2 Å². The predicted octanol–water partition coefficient (Wildman–Crippen LogP) is 2.31. The second-order valence-corrected chi connectivity index (χ2v) is 3.70. The van der Waals surface area contributed by atoms with E-state index in [1.54, 1.807) is 0 Å². The number of rotatable bonds is 4. The maximum Gasteiger partial charge on any atom is 0.317 e. The van der Waals surface area contributed by atoms with E-state index in [2.05, 4.69) is 6.92 Å². The molecule has 84 valence electrons. The number of hydrogen-bond acceptors (Lipinski definition) is 3. The van der Waals surface area contributed by atoms with Crippen LogP contribution in [0.25, 0.3) is 0 Å². The predicted molar refractivity (Wildman–Crippen MR) is 60.0 cm³/mol. The molecular formula is C12H19NO2. The van der Waals surface area contributed by atoms with Gasteiger partial charge in [0.2, 0.25) is 0 Å². The van der Waals surface area contributed by atoms with E-state index in [0.717, 1.165) is 13.0 Å². The van der Waals surface area contributed by atoms with Crippen LogP contribution in [0.5, 0.6) is 0 Å². The number of carbonyl (C=O) groups is 1. The third kappa shape index (κ3) is 3.42. The molecule has 0 spiro atoms. The van der Waals surface area contributed by atoms with Crippen molar-refractivity contribution >= 4 is 5.97 Å². The minimum absolute atomic E-state index is 0.00325. The third-order valence-electron chi connectivity index (χ3n) is 2.50. The summed E-state index contributed by atoms with van der Waals surface area (Å²) in [6, 6.07) is 0. The van der Waals surface area contributed by atoms with Crippen molar-refractivity contribution in [2.45, 2.75) is 33.3 Å². The summed E-state index contributed by atoms with van der Waals surface area (Å²) in [5.74, 6) is -0.380. The molecule has 0 saturated heterocycles. The fourth-order valence-electron chi connectivity index (χ4n) is 1.25. The van der Waals surface area contributed by atoms with Crippen molar-refractivity contribution in [1.82, 2.24) is 4.90 Å². The SMILES string of the molecule is CCC(C)OC(=O)C1C=CN(CC)C=C1. The van der Waals surface area contributed by atoms with Crippen molar-refractivity contribution in [2.24, 2.45) is 5.92 Å². The van der Waals surface area contributed by atoms with Crippen molar-refractivity contribution in [3.8, 4) is 0 Å². The largest absolute Gasteiger partial charge is 0.462 e. The highest BCUT2D eigenvalue weighted by molar-refractivity contribution is 5.77. The number of nitrogens with zero attached hydrogens (tertiary/aromatic N) is 1. The Balaban J connectivity index is 2.46. The first-order valence-electron chi connectivity index (χ1n) is 5.50. The summed E-state index contributed by atoms with van der Waals surface area (Å²) < 4.78 is 5.25. The number of ether oxygens (including phenoxy) is 1. The molecule has 1 atom stereocenters. The van der Waals surface area contributed by atoms with E-state index in [1.807, 2.05) is 43.3 Å². The van der Waals surface area contributed by atoms with Crippen LogP contribution in [-0.4, -0.2) is 23.5 Å². The number of carbonyl (C=O) groups excluding carboxylic acids is 1. The van der Waals surface area contributed by atoms with Crippen LogP contribution in [-0.2, 0) is 9.53 Å². The van der Waals surface area contributed by atoms with Crippen LogP contribution in [0.3, 0.4) is 0 Å². The van der Waals surface area contributed by atoms with Gasteiger partial charge in [-0.2, -0.15) is 0 Å². The second-order valence-electron chi connectivity index (χ2n) is 3.70. The van der Waals surface area contributed by atoms with Crippen molar-refractivity contribution < 1.29 is 9.53 Å². The van der Waals surface area contributed by atoms with E-state index in [4.69, 9.17) is 4.74 Å². The number of esters is 1. The van der Waals surface area contributed by atoms with Gasteiger partial charge < -0.3 is 9.64 Å². The molecule has 1 aliphatic heterocycles. The molecular weight excluding hydrogens is 190 g/mol. The summed E-state index contributed by atoms with van der Waals surface area (Å²) in [4.78, 5) is 13.6. The van der Waals surface area contributed by atoms with E-state index in [9.17, 15) is 4.79 Å². The maximum atomic E-state index is 11.6. The minimum Gasteiger partial charge on any atom is -0.462 e. The van der Waals surface area contributed by atoms with Gasteiger partial charge in [-0.05, 0) is 20.3 Å². The Bertz CT molecular complexity index is 257. The summed E-state index contributed by atoms with van der Waals surface area (Å²) in [7, 11) is 0. The highest BCUT2D eigenvalue weighted by Gasteiger charge is 2.18. The minimum atomic E-state index is -0.221. The lowest BCUT2D eigenvalue weighted by atomic mass is 10.1. The molecule has 0 amide bonds. The molecule has 0 fully saturated rings. The van der Waals surface area contributed by atoms with Gasteiger partial charge in [-0.3, -0.25) is 4.79 Å². The van der Waals surface area contributed by atoms with Crippen LogP contribution in [0.4, 0.5) is 0 Å². The molecule has 1 aliphatic rings. The zero-order chi connectivity index (χ0) is 11.3. The zero-order valence-corrected chi connectivity index (χ0v) is 9.64. The van der Waals surface area contributed by atoms with Gasteiger partial charge in [0, 0.05) is 18.9 Å². The summed E-state index contributed by atoms with van der Waals surface area (Å²) in [6.45, 7) is 6.89. The molecule has 0 aromatic rings. The molecule has 0 N–H and O–H groups in total. The molecule has 3 nitrogen and oxygen atoms in total. The molecule has 0 radical (unpaired) electrons. The highest BCUT2D eigenvalue weighted by atomic mass is 16.5. The Labute approximate surface area is 91.4 Å². The van der Waals surface area contributed by atoms with Gasteiger partial charge >= 0.3 is 5.97 Å². The van der Waals surface area contributed by atoms with E-state index in [1.165, 1.54) is 0 Å². The average Bonchev–Trinajstić information content (AvgIpc) is 2.29.